The van der Waals surface area contributed by atoms with Gasteiger partial charge in [-0.2, -0.15) is 0 Å². The van der Waals surface area contributed by atoms with E-state index in [-0.39, 0.29) is 11.9 Å². The summed E-state index contributed by atoms with van der Waals surface area (Å²) >= 11 is 0. The number of ether oxygens (including phenoxy) is 2. The molecule has 0 aromatic heterocycles. The molecule has 1 aromatic rings. The molecule has 0 spiro atoms. The van der Waals surface area contributed by atoms with Crippen LogP contribution in [0.15, 0.2) is 24.3 Å². The Hall–Kier alpha value is -1.59. The molecular formula is C16H26N2O3. The SMILES string of the molecule is CCC(NC(=O)C(N)CCCOC)c1ccccc1OC. The predicted molar refractivity (Wildman–Crippen MR) is 83.3 cm³/mol. The maximum absolute atomic E-state index is 12.2. The molecule has 0 aliphatic carbocycles. The van der Waals surface area contributed by atoms with E-state index in [4.69, 9.17) is 15.2 Å². The normalized spacial score (nSPS) is 13.5. The number of carbonyl (C=O) groups excluding carboxylic acids is 1. The molecule has 0 aliphatic heterocycles. The highest BCUT2D eigenvalue weighted by atomic mass is 16.5. The van der Waals surface area contributed by atoms with Gasteiger partial charge in [0.25, 0.3) is 0 Å². The van der Waals surface area contributed by atoms with Crippen molar-refractivity contribution in [3.05, 3.63) is 29.8 Å². The number of methoxy groups -OCH3 is 2. The number of carbonyl (C=O) groups is 1. The van der Waals surface area contributed by atoms with E-state index < -0.39 is 6.04 Å². The van der Waals surface area contributed by atoms with E-state index in [1.807, 2.05) is 31.2 Å². The van der Waals surface area contributed by atoms with Crippen LogP contribution >= 0.6 is 0 Å². The van der Waals surface area contributed by atoms with Crippen molar-refractivity contribution in [1.82, 2.24) is 5.32 Å². The summed E-state index contributed by atoms with van der Waals surface area (Å²) in [5.74, 6) is 0.640. The first-order valence-corrected chi connectivity index (χ1v) is 7.31. The first-order chi connectivity index (χ1) is 10.1. The van der Waals surface area contributed by atoms with E-state index in [9.17, 15) is 4.79 Å². The summed E-state index contributed by atoms with van der Waals surface area (Å²) in [5, 5.41) is 3.00. The molecule has 2 atom stereocenters. The van der Waals surface area contributed by atoms with Crippen molar-refractivity contribution < 1.29 is 14.3 Å². The van der Waals surface area contributed by atoms with Crippen molar-refractivity contribution in [3.8, 4) is 5.75 Å². The Morgan fingerprint density at radius 2 is 2.05 bits per heavy atom. The summed E-state index contributed by atoms with van der Waals surface area (Å²) in [5.41, 5.74) is 6.88. The summed E-state index contributed by atoms with van der Waals surface area (Å²) in [6.07, 6.45) is 2.16. The first kappa shape index (κ1) is 17.5. The molecule has 1 aromatic carbocycles. The number of hydrogen-bond donors (Lipinski definition) is 2. The molecule has 0 heterocycles. The molecule has 5 nitrogen and oxygen atoms in total. The number of para-hydroxylation sites is 1. The van der Waals surface area contributed by atoms with Gasteiger partial charge in [-0.1, -0.05) is 25.1 Å². The molecule has 21 heavy (non-hydrogen) atoms. The zero-order chi connectivity index (χ0) is 15.7. The van der Waals surface area contributed by atoms with Crippen molar-refractivity contribution in [2.75, 3.05) is 20.8 Å². The zero-order valence-electron chi connectivity index (χ0n) is 13.1. The van der Waals surface area contributed by atoms with Crippen LogP contribution in [-0.4, -0.2) is 32.8 Å². The molecule has 2 unspecified atom stereocenters. The molecule has 5 heteroatoms. The van der Waals surface area contributed by atoms with Crippen molar-refractivity contribution in [2.24, 2.45) is 5.73 Å². The van der Waals surface area contributed by atoms with Gasteiger partial charge in [0.1, 0.15) is 5.75 Å². The molecule has 1 amide bonds. The third-order valence-corrected chi connectivity index (χ3v) is 3.44. The molecule has 0 saturated heterocycles. The molecule has 118 valence electrons. The van der Waals surface area contributed by atoms with Crippen LogP contribution in [0.3, 0.4) is 0 Å². The van der Waals surface area contributed by atoms with Crippen LogP contribution in [0.1, 0.15) is 37.8 Å². The smallest absolute Gasteiger partial charge is 0.237 e. The van der Waals surface area contributed by atoms with E-state index >= 15 is 0 Å². The van der Waals surface area contributed by atoms with Crippen LogP contribution in [0, 0.1) is 0 Å². The van der Waals surface area contributed by atoms with Gasteiger partial charge in [0.2, 0.25) is 5.91 Å². The van der Waals surface area contributed by atoms with E-state index in [1.165, 1.54) is 0 Å². The third-order valence-electron chi connectivity index (χ3n) is 3.44. The highest BCUT2D eigenvalue weighted by molar-refractivity contribution is 5.81. The van der Waals surface area contributed by atoms with Gasteiger partial charge in [0.05, 0.1) is 19.2 Å². The second-order valence-corrected chi connectivity index (χ2v) is 4.95. The third kappa shape index (κ3) is 5.36. The quantitative estimate of drug-likeness (QED) is 0.683. The highest BCUT2D eigenvalue weighted by Crippen LogP contribution is 2.26. The Kier molecular flexibility index (Phi) is 7.79. The zero-order valence-corrected chi connectivity index (χ0v) is 13.1. The molecule has 3 N–H and O–H groups in total. The minimum absolute atomic E-state index is 0.0953. The number of rotatable bonds is 9. The Morgan fingerprint density at radius 3 is 2.67 bits per heavy atom. The second-order valence-electron chi connectivity index (χ2n) is 4.95. The highest BCUT2D eigenvalue weighted by Gasteiger charge is 2.20. The van der Waals surface area contributed by atoms with E-state index in [2.05, 4.69) is 5.32 Å². The molecule has 0 aliphatic rings. The van der Waals surface area contributed by atoms with Gasteiger partial charge >= 0.3 is 0 Å². The van der Waals surface area contributed by atoms with Crippen LogP contribution < -0.4 is 15.8 Å². The van der Waals surface area contributed by atoms with E-state index in [0.29, 0.717) is 13.0 Å². The Bertz CT molecular complexity index is 437. The monoisotopic (exact) mass is 294 g/mol. The number of hydrogen-bond acceptors (Lipinski definition) is 4. The first-order valence-electron chi connectivity index (χ1n) is 7.31. The number of nitrogens with one attached hydrogen (secondary N) is 1. The summed E-state index contributed by atoms with van der Waals surface area (Å²) in [4.78, 5) is 12.2. The lowest BCUT2D eigenvalue weighted by molar-refractivity contribution is -0.123. The lowest BCUT2D eigenvalue weighted by Crippen LogP contribution is -2.42. The Morgan fingerprint density at radius 1 is 1.33 bits per heavy atom. The minimum Gasteiger partial charge on any atom is -0.496 e. The van der Waals surface area contributed by atoms with E-state index in [1.54, 1.807) is 14.2 Å². The van der Waals surface area contributed by atoms with Crippen molar-refractivity contribution >= 4 is 5.91 Å². The summed E-state index contributed by atoms with van der Waals surface area (Å²) < 4.78 is 10.3. The molecule has 1 rings (SSSR count). The van der Waals surface area contributed by atoms with Crippen LogP contribution in [0.25, 0.3) is 0 Å². The van der Waals surface area contributed by atoms with Gasteiger partial charge in [0, 0.05) is 19.3 Å². The predicted octanol–water partition coefficient (Wildman–Crippen LogP) is 2.02. The lowest BCUT2D eigenvalue weighted by Gasteiger charge is -2.22. The van der Waals surface area contributed by atoms with Gasteiger partial charge in [-0.3, -0.25) is 4.79 Å². The molecular weight excluding hydrogens is 268 g/mol. The summed E-state index contributed by atoms with van der Waals surface area (Å²) in [7, 11) is 3.27. The van der Waals surface area contributed by atoms with E-state index in [0.717, 1.165) is 24.2 Å². The van der Waals surface area contributed by atoms with Crippen LogP contribution in [0.2, 0.25) is 0 Å². The minimum atomic E-state index is -0.510. The van der Waals surface area contributed by atoms with Crippen molar-refractivity contribution in [2.45, 2.75) is 38.3 Å². The summed E-state index contributed by atoms with van der Waals surface area (Å²) in [6, 6.07) is 7.09. The molecule has 0 bridgehead atoms. The molecule has 0 radical (unpaired) electrons. The van der Waals surface area contributed by atoms with Gasteiger partial charge in [-0.05, 0) is 25.3 Å². The number of amides is 1. The topological polar surface area (TPSA) is 73.6 Å². The average molecular weight is 294 g/mol. The van der Waals surface area contributed by atoms with Crippen molar-refractivity contribution in [3.63, 3.8) is 0 Å². The fourth-order valence-electron chi connectivity index (χ4n) is 2.21. The second kappa shape index (κ2) is 9.37. The summed E-state index contributed by atoms with van der Waals surface area (Å²) in [6.45, 7) is 2.64. The van der Waals surface area contributed by atoms with Crippen LogP contribution in [0.5, 0.6) is 5.75 Å². The Labute approximate surface area is 126 Å². The van der Waals surface area contributed by atoms with Crippen molar-refractivity contribution in [1.29, 1.82) is 0 Å². The maximum Gasteiger partial charge on any atom is 0.237 e. The Balaban J connectivity index is 2.66. The fraction of sp³-hybridized carbons (Fsp3) is 0.562. The number of benzene rings is 1. The lowest BCUT2D eigenvalue weighted by atomic mass is 10.0. The van der Waals surface area contributed by atoms with Crippen LogP contribution in [-0.2, 0) is 9.53 Å². The fourth-order valence-corrected chi connectivity index (χ4v) is 2.21. The molecule has 0 fully saturated rings. The van der Waals surface area contributed by atoms with Gasteiger partial charge in [-0.15, -0.1) is 0 Å². The van der Waals surface area contributed by atoms with Gasteiger partial charge in [-0.25, -0.2) is 0 Å². The largest absolute Gasteiger partial charge is 0.496 e. The maximum atomic E-state index is 12.2. The number of nitrogens with two attached hydrogens (primary N) is 1. The standard InChI is InChI=1S/C16H26N2O3/c1-4-14(12-8-5-6-10-15(12)21-3)18-16(19)13(17)9-7-11-20-2/h5-6,8,10,13-14H,4,7,9,11,17H2,1-3H3,(H,18,19). The average Bonchev–Trinajstić information content (AvgIpc) is 2.52. The molecule has 0 saturated carbocycles. The van der Waals surface area contributed by atoms with Gasteiger partial charge in [0.15, 0.2) is 0 Å². The van der Waals surface area contributed by atoms with Gasteiger partial charge < -0.3 is 20.5 Å². The van der Waals surface area contributed by atoms with Crippen LogP contribution in [0.4, 0.5) is 0 Å².